The first kappa shape index (κ1) is 11.0. The number of likely N-dealkylation sites (N-methyl/N-ethyl adjacent to an activating group) is 1. The van der Waals surface area contributed by atoms with E-state index in [9.17, 15) is 0 Å². The van der Waals surface area contributed by atoms with Gasteiger partial charge in [0.2, 0.25) is 0 Å². The zero-order valence-electron chi connectivity index (χ0n) is 9.23. The summed E-state index contributed by atoms with van der Waals surface area (Å²) in [6, 6.07) is 0.537. The molecule has 2 nitrogen and oxygen atoms in total. The van der Waals surface area contributed by atoms with E-state index in [1.165, 1.54) is 25.7 Å². The minimum Gasteiger partial charge on any atom is -0.374 e. The van der Waals surface area contributed by atoms with Crippen molar-refractivity contribution in [2.45, 2.75) is 57.6 Å². The summed E-state index contributed by atoms with van der Waals surface area (Å²) in [6.07, 6.45) is 6.30. The van der Waals surface area contributed by atoms with Crippen molar-refractivity contribution in [3.63, 3.8) is 0 Å². The average Bonchev–Trinajstić information content (AvgIpc) is 2.57. The minimum absolute atomic E-state index is 0.151. The third-order valence-electron chi connectivity index (χ3n) is 3.27. The fourth-order valence-corrected chi connectivity index (χ4v) is 2.69. The van der Waals surface area contributed by atoms with Crippen molar-refractivity contribution < 1.29 is 4.74 Å². The maximum absolute atomic E-state index is 5.97. The monoisotopic (exact) mass is 185 g/mol. The Morgan fingerprint density at radius 3 is 2.31 bits per heavy atom. The van der Waals surface area contributed by atoms with Crippen molar-refractivity contribution in [3.8, 4) is 0 Å². The van der Waals surface area contributed by atoms with Gasteiger partial charge >= 0.3 is 0 Å². The SMILES string of the molecule is CCOC1(C(CC)NC)CCCC1. The molecular formula is C11H23NO. The molecule has 0 bridgehead atoms. The number of hydrogen-bond donors (Lipinski definition) is 1. The summed E-state index contributed by atoms with van der Waals surface area (Å²) in [5.41, 5.74) is 0.151. The second-order valence-corrected chi connectivity index (χ2v) is 3.95. The van der Waals surface area contributed by atoms with Gasteiger partial charge in [0.05, 0.1) is 5.60 Å². The topological polar surface area (TPSA) is 21.3 Å². The highest BCUT2D eigenvalue weighted by molar-refractivity contribution is 4.95. The molecule has 2 heteroatoms. The van der Waals surface area contributed by atoms with Gasteiger partial charge in [0.25, 0.3) is 0 Å². The summed E-state index contributed by atoms with van der Waals surface area (Å²) < 4.78 is 5.97. The summed E-state index contributed by atoms with van der Waals surface area (Å²) in [5, 5.41) is 3.39. The van der Waals surface area contributed by atoms with Gasteiger partial charge in [-0.1, -0.05) is 19.8 Å². The fourth-order valence-electron chi connectivity index (χ4n) is 2.69. The molecule has 1 N–H and O–H groups in total. The Morgan fingerprint density at radius 2 is 1.92 bits per heavy atom. The first-order valence-electron chi connectivity index (χ1n) is 5.60. The number of hydrogen-bond acceptors (Lipinski definition) is 2. The average molecular weight is 185 g/mol. The van der Waals surface area contributed by atoms with E-state index in [2.05, 4.69) is 19.2 Å². The van der Waals surface area contributed by atoms with Gasteiger partial charge in [0.15, 0.2) is 0 Å². The van der Waals surface area contributed by atoms with Crippen molar-refractivity contribution in [2.75, 3.05) is 13.7 Å². The molecule has 0 aromatic rings. The predicted molar refractivity (Wildman–Crippen MR) is 56.0 cm³/mol. The van der Waals surface area contributed by atoms with E-state index in [0.29, 0.717) is 6.04 Å². The van der Waals surface area contributed by atoms with Gasteiger partial charge in [-0.2, -0.15) is 0 Å². The molecule has 1 aliphatic carbocycles. The standard InChI is InChI=1S/C11H23NO/c1-4-10(12-3)11(13-5-2)8-6-7-9-11/h10,12H,4-9H2,1-3H3. The maximum Gasteiger partial charge on any atom is 0.0834 e. The summed E-state index contributed by atoms with van der Waals surface area (Å²) >= 11 is 0. The highest BCUT2D eigenvalue weighted by Crippen LogP contribution is 2.37. The van der Waals surface area contributed by atoms with Crippen molar-refractivity contribution in [1.29, 1.82) is 0 Å². The lowest BCUT2D eigenvalue weighted by Gasteiger charge is -2.36. The molecule has 1 aliphatic rings. The molecule has 0 amide bonds. The van der Waals surface area contributed by atoms with Crippen LogP contribution in [-0.4, -0.2) is 25.3 Å². The zero-order valence-corrected chi connectivity index (χ0v) is 9.23. The number of nitrogens with one attached hydrogen (secondary N) is 1. The van der Waals surface area contributed by atoms with Crippen LogP contribution in [0.25, 0.3) is 0 Å². The highest BCUT2D eigenvalue weighted by Gasteiger charge is 2.40. The molecule has 0 aliphatic heterocycles. The van der Waals surface area contributed by atoms with Crippen molar-refractivity contribution in [3.05, 3.63) is 0 Å². The third kappa shape index (κ3) is 2.23. The fraction of sp³-hybridized carbons (Fsp3) is 1.00. The predicted octanol–water partition coefficient (Wildman–Crippen LogP) is 2.33. The highest BCUT2D eigenvalue weighted by atomic mass is 16.5. The Balaban J connectivity index is 2.63. The molecule has 0 aromatic heterocycles. The minimum atomic E-state index is 0.151. The van der Waals surface area contributed by atoms with Gasteiger partial charge in [-0.15, -0.1) is 0 Å². The van der Waals surface area contributed by atoms with Crippen LogP contribution in [0.1, 0.15) is 46.0 Å². The van der Waals surface area contributed by atoms with Gasteiger partial charge in [-0.3, -0.25) is 0 Å². The van der Waals surface area contributed by atoms with Crippen LogP contribution in [-0.2, 0) is 4.74 Å². The molecule has 1 atom stereocenters. The molecule has 13 heavy (non-hydrogen) atoms. The lowest BCUT2D eigenvalue weighted by molar-refractivity contribution is -0.0605. The Morgan fingerprint density at radius 1 is 1.31 bits per heavy atom. The molecule has 1 saturated carbocycles. The van der Waals surface area contributed by atoms with Crippen LogP contribution in [0.4, 0.5) is 0 Å². The Bertz CT molecular complexity index is 137. The number of rotatable bonds is 5. The second-order valence-electron chi connectivity index (χ2n) is 3.95. The van der Waals surface area contributed by atoms with E-state index in [0.717, 1.165) is 13.0 Å². The first-order valence-corrected chi connectivity index (χ1v) is 5.60. The van der Waals surface area contributed by atoms with Gasteiger partial charge in [-0.25, -0.2) is 0 Å². The molecule has 0 radical (unpaired) electrons. The largest absolute Gasteiger partial charge is 0.374 e. The molecule has 1 fully saturated rings. The molecule has 0 heterocycles. The Hall–Kier alpha value is -0.0800. The van der Waals surface area contributed by atoms with E-state index in [-0.39, 0.29) is 5.60 Å². The van der Waals surface area contributed by atoms with Crippen LogP contribution in [0.5, 0.6) is 0 Å². The first-order chi connectivity index (χ1) is 6.29. The van der Waals surface area contributed by atoms with E-state index in [1.807, 2.05) is 7.05 Å². The molecule has 0 aromatic carbocycles. The van der Waals surface area contributed by atoms with E-state index in [4.69, 9.17) is 4.74 Å². The molecule has 78 valence electrons. The lowest BCUT2D eigenvalue weighted by atomic mass is 9.90. The normalized spacial score (nSPS) is 23.3. The smallest absolute Gasteiger partial charge is 0.0834 e. The lowest BCUT2D eigenvalue weighted by Crippen LogP contribution is -2.49. The van der Waals surface area contributed by atoms with E-state index < -0.39 is 0 Å². The molecule has 0 saturated heterocycles. The summed E-state index contributed by atoms with van der Waals surface area (Å²) in [7, 11) is 2.05. The summed E-state index contributed by atoms with van der Waals surface area (Å²) in [6.45, 7) is 5.18. The molecular weight excluding hydrogens is 162 g/mol. The van der Waals surface area contributed by atoms with Crippen molar-refractivity contribution in [2.24, 2.45) is 0 Å². The van der Waals surface area contributed by atoms with Crippen LogP contribution >= 0.6 is 0 Å². The summed E-state index contributed by atoms with van der Waals surface area (Å²) in [5.74, 6) is 0. The van der Waals surface area contributed by atoms with E-state index in [1.54, 1.807) is 0 Å². The molecule has 1 unspecified atom stereocenters. The van der Waals surface area contributed by atoms with Crippen LogP contribution in [0.2, 0.25) is 0 Å². The van der Waals surface area contributed by atoms with Gasteiger partial charge < -0.3 is 10.1 Å². The van der Waals surface area contributed by atoms with Gasteiger partial charge in [0, 0.05) is 12.6 Å². The molecule has 1 rings (SSSR count). The summed E-state index contributed by atoms with van der Waals surface area (Å²) in [4.78, 5) is 0. The van der Waals surface area contributed by atoms with Crippen LogP contribution in [0.3, 0.4) is 0 Å². The van der Waals surface area contributed by atoms with Crippen LogP contribution in [0.15, 0.2) is 0 Å². The molecule has 0 spiro atoms. The number of ether oxygens (including phenoxy) is 1. The quantitative estimate of drug-likeness (QED) is 0.710. The van der Waals surface area contributed by atoms with Crippen molar-refractivity contribution in [1.82, 2.24) is 5.32 Å². The second kappa shape index (κ2) is 4.97. The van der Waals surface area contributed by atoms with Crippen molar-refractivity contribution >= 4 is 0 Å². The van der Waals surface area contributed by atoms with E-state index >= 15 is 0 Å². The zero-order chi connectivity index (χ0) is 9.73. The third-order valence-corrected chi connectivity index (χ3v) is 3.27. The van der Waals surface area contributed by atoms with Gasteiger partial charge in [0.1, 0.15) is 0 Å². The van der Waals surface area contributed by atoms with Crippen LogP contribution in [0, 0.1) is 0 Å². The van der Waals surface area contributed by atoms with Gasteiger partial charge in [-0.05, 0) is 33.2 Å². The maximum atomic E-state index is 5.97. The Labute approximate surface area is 82.0 Å². The van der Waals surface area contributed by atoms with Crippen LogP contribution < -0.4 is 5.32 Å². The Kier molecular flexibility index (Phi) is 4.20.